The number of hydrogen-bond acceptors (Lipinski definition) is 1. The maximum absolute atomic E-state index is 2.54. The molecule has 13 rings (SSSR count). The summed E-state index contributed by atoms with van der Waals surface area (Å²) in [7, 11) is 0. The molecule has 9 aromatic carbocycles. The summed E-state index contributed by atoms with van der Waals surface area (Å²) in [6.45, 7) is 0.234. The van der Waals surface area contributed by atoms with Crippen LogP contribution < -0.4 is 32.8 Å². The predicted octanol–water partition coefficient (Wildman–Crippen LogP) is 8.96. The number of hydrogen-bond donors (Lipinski definition) is 0. The van der Waals surface area contributed by atoms with E-state index in [0.29, 0.717) is 0 Å². The second kappa shape index (κ2) is 12.6. The summed E-state index contributed by atoms with van der Waals surface area (Å²) in [4.78, 5) is 2.72. The van der Waals surface area contributed by atoms with Crippen LogP contribution in [-0.2, 0) is 5.41 Å². The van der Waals surface area contributed by atoms with Gasteiger partial charge in [-0.15, -0.1) is 0 Å². The normalized spacial score (nSPS) is 15.7. The van der Waals surface area contributed by atoms with Gasteiger partial charge in [0, 0.05) is 26.3 Å². The Morgan fingerprint density at radius 2 is 0.949 bits per heavy atom. The molecule has 1 atom stereocenters. The van der Waals surface area contributed by atoms with Crippen molar-refractivity contribution >= 4 is 79.8 Å². The maximum Gasteiger partial charge on any atom is 0.245 e. The molecule has 0 bridgehead atoms. The SMILES string of the molecule is c1ccc(B2c3ccccc3C3(c4ccc(-c5ccc6c7ccccc7n(-c7ccccc7)c6c5)cc42)c2ccccc2B2c4ccccc4Sc4cccc3c42)cc1. The lowest BCUT2D eigenvalue weighted by molar-refractivity contribution is 0.754. The molecule has 59 heavy (non-hydrogen) atoms. The average Bonchev–Trinajstić information content (AvgIpc) is 3.64. The second-order valence-electron chi connectivity index (χ2n) is 16.3. The van der Waals surface area contributed by atoms with Gasteiger partial charge in [0.25, 0.3) is 0 Å². The zero-order chi connectivity index (χ0) is 38.7. The zero-order valence-electron chi connectivity index (χ0n) is 32.2. The van der Waals surface area contributed by atoms with Gasteiger partial charge in [0.15, 0.2) is 0 Å². The fourth-order valence-electron chi connectivity index (χ4n) is 11.2. The van der Waals surface area contributed by atoms with E-state index < -0.39 is 5.41 Å². The van der Waals surface area contributed by atoms with E-state index in [2.05, 4.69) is 217 Å². The summed E-state index contributed by atoms with van der Waals surface area (Å²) in [5.41, 5.74) is 19.4. The Morgan fingerprint density at radius 3 is 1.76 bits per heavy atom. The quantitative estimate of drug-likeness (QED) is 0.163. The molecule has 4 heteroatoms. The molecule has 0 aliphatic carbocycles. The van der Waals surface area contributed by atoms with Gasteiger partial charge < -0.3 is 4.57 Å². The van der Waals surface area contributed by atoms with Crippen LogP contribution in [0.2, 0.25) is 0 Å². The van der Waals surface area contributed by atoms with Crippen molar-refractivity contribution in [2.75, 3.05) is 0 Å². The lowest BCUT2D eigenvalue weighted by Gasteiger charge is -2.50. The Balaban J connectivity index is 1.11. The molecule has 0 amide bonds. The van der Waals surface area contributed by atoms with Gasteiger partial charge in [0.2, 0.25) is 13.4 Å². The van der Waals surface area contributed by atoms with Crippen molar-refractivity contribution in [3.63, 3.8) is 0 Å². The van der Waals surface area contributed by atoms with Gasteiger partial charge in [0.1, 0.15) is 0 Å². The van der Waals surface area contributed by atoms with E-state index in [4.69, 9.17) is 0 Å². The van der Waals surface area contributed by atoms with Crippen LogP contribution in [0.25, 0.3) is 38.6 Å². The van der Waals surface area contributed by atoms with Crippen molar-refractivity contribution in [2.45, 2.75) is 15.2 Å². The molecule has 4 heterocycles. The summed E-state index contributed by atoms with van der Waals surface area (Å²) >= 11 is 1.93. The lowest BCUT2D eigenvalue weighted by atomic mass is 9.26. The highest BCUT2D eigenvalue weighted by Crippen LogP contribution is 2.49. The van der Waals surface area contributed by atoms with Crippen molar-refractivity contribution in [1.29, 1.82) is 0 Å². The van der Waals surface area contributed by atoms with E-state index in [1.807, 2.05) is 11.8 Å². The third-order valence-corrected chi connectivity index (χ3v) is 14.6. The Morgan fingerprint density at radius 1 is 0.373 bits per heavy atom. The maximum atomic E-state index is 2.54. The summed E-state index contributed by atoms with van der Waals surface area (Å²) in [5.74, 6) is 0. The van der Waals surface area contributed by atoms with Crippen LogP contribution in [0.1, 0.15) is 22.3 Å². The highest BCUT2D eigenvalue weighted by atomic mass is 32.2. The predicted molar refractivity (Wildman–Crippen MR) is 251 cm³/mol. The number of para-hydroxylation sites is 2. The average molecular weight is 764 g/mol. The summed E-state index contributed by atoms with van der Waals surface area (Å²) in [6, 6.07) is 80.2. The third kappa shape index (κ3) is 4.55. The Bertz CT molecular complexity index is 3320. The van der Waals surface area contributed by atoms with Crippen LogP contribution >= 0.6 is 11.8 Å². The Hall–Kier alpha value is -6.74. The van der Waals surface area contributed by atoms with Crippen molar-refractivity contribution < 1.29 is 0 Å². The number of aromatic nitrogens is 1. The van der Waals surface area contributed by atoms with Crippen molar-refractivity contribution in [3.05, 3.63) is 235 Å². The minimum absolute atomic E-state index is 0.0620. The van der Waals surface area contributed by atoms with E-state index in [1.165, 1.54) is 103 Å². The number of benzene rings is 9. The molecule has 3 aliphatic rings. The second-order valence-corrected chi connectivity index (χ2v) is 17.4. The minimum atomic E-state index is -0.509. The molecule has 0 radical (unpaired) electrons. The van der Waals surface area contributed by atoms with Crippen molar-refractivity contribution in [2.24, 2.45) is 0 Å². The van der Waals surface area contributed by atoms with Crippen LogP contribution in [0.5, 0.6) is 0 Å². The Kier molecular flexibility index (Phi) is 7.12. The monoisotopic (exact) mass is 763 g/mol. The van der Waals surface area contributed by atoms with E-state index in [9.17, 15) is 0 Å². The van der Waals surface area contributed by atoms with Crippen LogP contribution in [0.15, 0.2) is 222 Å². The molecule has 1 unspecified atom stereocenters. The van der Waals surface area contributed by atoms with E-state index >= 15 is 0 Å². The van der Waals surface area contributed by atoms with Crippen LogP contribution in [0.3, 0.4) is 0 Å². The van der Waals surface area contributed by atoms with Gasteiger partial charge in [-0.25, -0.2) is 0 Å². The molecule has 0 N–H and O–H groups in total. The largest absolute Gasteiger partial charge is 0.309 e. The van der Waals surface area contributed by atoms with Crippen molar-refractivity contribution in [1.82, 2.24) is 4.57 Å². The molecule has 1 spiro atoms. The fourth-order valence-corrected chi connectivity index (χ4v) is 12.4. The van der Waals surface area contributed by atoms with Gasteiger partial charge in [-0.3, -0.25) is 0 Å². The molecular weight excluding hydrogens is 728 g/mol. The van der Waals surface area contributed by atoms with Crippen LogP contribution in [-0.4, -0.2) is 18.0 Å². The fraction of sp³-hybridized carbons (Fsp3) is 0.0182. The highest BCUT2D eigenvalue weighted by molar-refractivity contribution is 8.00. The van der Waals surface area contributed by atoms with Gasteiger partial charge in [-0.2, -0.15) is 0 Å². The first-order valence-electron chi connectivity index (χ1n) is 20.7. The summed E-state index contributed by atoms with van der Waals surface area (Å²) in [6.07, 6.45) is 0. The smallest absolute Gasteiger partial charge is 0.245 e. The minimum Gasteiger partial charge on any atom is -0.309 e. The van der Waals surface area contributed by atoms with E-state index in [1.54, 1.807) is 0 Å². The molecule has 0 saturated heterocycles. The molecule has 10 aromatic rings. The molecular formula is C55H35B2NS. The molecule has 1 nitrogen and oxygen atoms in total. The number of nitrogens with zero attached hydrogens (tertiary/aromatic N) is 1. The highest BCUT2D eigenvalue weighted by Gasteiger charge is 2.54. The summed E-state index contributed by atoms with van der Waals surface area (Å²) < 4.78 is 2.43. The first-order chi connectivity index (χ1) is 29.3. The standard InChI is InChI=1S/C55H35B2NS/c1-3-16-38(17-4-1)56-46-24-10-8-21-42(46)55(43-22-9-11-25-47(43)57-48-26-12-14-28-52(48)59-53-29-15-23-45(55)54(53)57)44-33-31-36(34-49(44)56)37-30-32-41-40-20-7-13-27-50(40)58(51(41)35-37)39-18-5-2-6-19-39/h1-35H. The van der Waals surface area contributed by atoms with E-state index in [-0.39, 0.29) is 13.4 Å². The van der Waals surface area contributed by atoms with Crippen LogP contribution in [0.4, 0.5) is 0 Å². The molecule has 0 fully saturated rings. The van der Waals surface area contributed by atoms with Gasteiger partial charge >= 0.3 is 0 Å². The third-order valence-electron chi connectivity index (χ3n) is 13.5. The van der Waals surface area contributed by atoms with Gasteiger partial charge in [0.05, 0.1) is 16.4 Å². The van der Waals surface area contributed by atoms with Crippen LogP contribution in [0, 0.1) is 0 Å². The molecule has 1 aromatic heterocycles. The van der Waals surface area contributed by atoms with E-state index in [0.717, 1.165) is 0 Å². The molecule has 0 saturated carbocycles. The first kappa shape index (κ1) is 33.3. The Labute approximate surface area is 349 Å². The number of rotatable bonds is 3. The summed E-state index contributed by atoms with van der Waals surface area (Å²) in [5, 5.41) is 2.54. The molecule has 272 valence electrons. The lowest BCUT2D eigenvalue weighted by Crippen LogP contribution is -2.68. The number of fused-ring (bicyclic) bond motifs is 13. The zero-order valence-corrected chi connectivity index (χ0v) is 33.0. The topological polar surface area (TPSA) is 4.93 Å². The first-order valence-corrected chi connectivity index (χ1v) is 21.5. The van der Waals surface area contributed by atoms with Gasteiger partial charge in [-0.05, 0) is 69.8 Å². The van der Waals surface area contributed by atoms with Gasteiger partial charge in [-0.1, -0.05) is 220 Å². The molecule has 3 aliphatic heterocycles. The van der Waals surface area contributed by atoms with Crippen molar-refractivity contribution in [3.8, 4) is 16.8 Å².